The van der Waals surface area contributed by atoms with E-state index in [-0.39, 0.29) is 11.4 Å². The molecule has 1 heterocycles. The van der Waals surface area contributed by atoms with Gasteiger partial charge >= 0.3 is 0 Å². The first-order chi connectivity index (χ1) is 9.51. The second-order valence-electron chi connectivity index (χ2n) is 5.43. The maximum Gasteiger partial charge on any atom is 0.292 e. The molecule has 1 fully saturated rings. The number of nitrogen functional groups attached to an aromatic ring is 1. The van der Waals surface area contributed by atoms with Crippen LogP contribution in [-0.2, 0) is 6.54 Å². The van der Waals surface area contributed by atoms with Crippen molar-refractivity contribution in [2.45, 2.75) is 25.9 Å². The fourth-order valence-corrected chi connectivity index (χ4v) is 2.72. The van der Waals surface area contributed by atoms with Crippen LogP contribution >= 0.6 is 0 Å². The van der Waals surface area contributed by atoms with Crippen molar-refractivity contribution in [2.75, 3.05) is 32.4 Å². The Labute approximate surface area is 119 Å². The minimum absolute atomic E-state index is 0.0152. The van der Waals surface area contributed by atoms with E-state index in [0.717, 1.165) is 38.2 Å². The van der Waals surface area contributed by atoms with Gasteiger partial charge in [0.2, 0.25) is 0 Å². The van der Waals surface area contributed by atoms with Crippen molar-refractivity contribution in [3.8, 4) is 0 Å². The van der Waals surface area contributed by atoms with E-state index in [2.05, 4.69) is 23.8 Å². The number of hydrogen-bond donors (Lipinski definition) is 1. The topological polar surface area (TPSA) is 75.6 Å². The molecule has 1 aliphatic heterocycles. The summed E-state index contributed by atoms with van der Waals surface area (Å²) >= 11 is 0. The summed E-state index contributed by atoms with van der Waals surface area (Å²) in [5, 5.41) is 10.8. The number of benzene rings is 1. The van der Waals surface area contributed by atoms with Crippen LogP contribution in [0.1, 0.15) is 18.9 Å². The van der Waals surface area contributed by atoms with E-state index in [0.29, 0.717) is 6.04 Å². The minimum atomic E-state index is -0.442. The number of nitro benzene ring substituents is 1. The molecule has 0 spiro atoms. The summed E-state index contributed by atoms with van der Waals surface area (Å²) in [5.41, 5.74) is 7.00. The van der Waals surface area contributed by atoms with E-state index < -0.39 is 4.92 Å². The van der Waals surface area contributed by atoms with Gasteiger partial charge in [-0.1, -0.05) is 13.0 Å². The first-order valence-electron chi connectivity index (χ1n) is 6.96. The first kappa shape index (κ1) is 14.7. The minimum Gasteiger partial charge on any atom is -0.393 e. The molecule has 1 aromatic carbocycles. The lowest BCUT2D eigenvalue weighted by Crippen LogP contribution is -2.50. The average molecular weight is 278 g/mol. The molecule has 1 aromatic rings. The highest BCUT2D eigenvalue weighted by atomic mass is 16.6. The van der Waals surface area contributed by atoms with Crippen LogP contribution in [0.15, 0.2) is 18.2 Å². The predicted molar refractivity (Wildman–Crippen MR) is 79.5 cm³/mol. The number of rotatable bonds is 4. The van der Waals surface area contributed by atoms with Crippen molar-refractivity contribution in [1.29, 1.82) is 0 Å². The van der Waals surface area contributed by atoms with Gasteiger partial charge in [-0.15, -0.1) is 0 Å². The highest BCUT2D eigenvalue weighted by molar-refractivity contribution is 5.59. The van der Waals surface area contributed by atoms with E-state index in [1.54, 1.807) is 12.1 Å². The first-order valence-corrected chi connectivity index (χ1v) is 6.96. The molecule has 2 rings (SSSR count). The molecule has 1 unspecified atom stereocenters. The Balaban J connectivity index is 2.03. The summed E-state index contributed by atoms with van der Waals surface area (Å²) in [4.78, 5) is 15.1. The normalized spacial score (nSPS) is 21.0. The van der Waals surface area contributed by atoms with Crippen molar-refractivity contribution >= 4 is 11.4 Å². The maximum absolute atomic E-state index is 10.8. The number of hydrogen-bond acceptors (Lipinski definition) is 5. The van der Waals surface area contributed by atoms with E-state index in [1.165, 1.54) is 6.07 Å². The summed E-state index contributed by atoms with van der Waals surface area (Å²) in [7, 11) is 2.16. The lowest BCUT2D eigenvalue weighted by Gasteiger charge is -2.39. The number of nitrogens with zero attached hydrogens (tertiary/aromatic N) is 3. The van der Waals surface area contributed by atoms with Crippen LogP contribution in [0.25, 0.3) is 0 Å². The lowest BCUT2D eigenvalue weighted by molar-refractivity contribution is -0.383. The van der Waals surface area contributed by atoms with E-state index >= 15 is 0 Å². The summed E-state index contributed by atoms with van der Waals surface area (Å²) < 4.78 is 0. The Morgan fingerprint density at radius 3 is 2.80 bits per heavy atom. The summed E-state index contributed by atoms with van der Waals surface area (Å²) in [5.74, 6) is 0. The largest absolute Gasteiger partial charge is 0.393 e. The van der Waals surface area contributed by atoms with Crippen molar-refractivity contribution < 1.29 is 4.92 Å². The van der Waals surface area contributed by atoms with Gasteiger partial charge in [0.05, 0.1) is 4.92 Å². The van der Waals surface area contributed by atoms with Gasteiger partial charge in [-0.05, 0) is 25.1 Å². The van der Waals surface area contributed by atoms with Gasteiger partial charge in [-0.25, -0.2) is 0 Å². The quantitative estimate of drug-likeness (QED) is 0.515. The zero-order valence-electron chi connectivity index (χ0n) is 12.1. The van der Waals surface area contributed by atoms with Crippen molar-refractivity contribution in [3.63, 3.8) is 0 Å². The summed E-state index contributed by atoms with van der Waals surface area (Å²) in [6.07, 6.45) is 1.13. The molecule has 0 aliphatic carbocycles. The molecule has 6 nitrogen and oxygen atoms in total. The second-order valence-corrected chi connectivity index (χ2v) is 5.43. The molecule has 110 valence electrons. The van der Waals surface area contributed by atoms with Crippen LogP contribution in [0.3, 0.4) is 0 Å². The van der Waals surface area contributed by atoms with Crippen LogP contribution in [0.5, 0.6) is 0 Å². The zero-order valence-corrected chi connectivity index (χ0v) is 12.1. The third-order valence-electron chi connectivity index (χ3n) is 4.03. The Kier molecular flexibility index (Phi) is 4.57. The van der Waals surface area contributed by atoms with E-state index in [4.69, 9.17) is 5.73 Å². The van der Waals surface area contributed by atoms with Crippen LogP contribution in [-0.4, -0.2) is 47.4 Å². The molecular weight excluding hydrogens is 256 g/mol. The molecule has 1 aliphatic rings. The SMILES string of the molecule is CCC1CN(Cc2ccc([N+](=O)[O-])c(N)c2)CCN1C. The molecule has 0 radical (unpaired) electrons. The van der Waals surface area contributed by atoms with Crippen molar-refractivity contribution in [3.05, 3.63) is 33.9 Å². The Hall–Kier alpha value is -1.66. The molecule has 0 saturated carbocycles. The van der Waals surface area contributed by atoms with Crippen LogP contribution < -0.4 is 5.73 Å². The fraction of sp³-hybridized carbons (Fsp3) is 0.571. The van der Waals surface area contributed by atoms with Gasteiger partial charge in [0.15, 0.2) is 0 Å². The van der Waals surface area contributed by atoms with Gasteiger partial charge in [0, 0.05) is 38.3 Å². The number of anilines is 1. The molecule has 1 saturated heterocycles. The Morgan fingerprint density at radius 1 is 1.45 bits per heavy atom. The second kappa shape index (κ2) is 6.19. The van der Waals surface area contributed by atoms with Crippen molar-refractivity contribution in [1.82, 2.24) is 9.80 Å². The van der Waals surface area contributed by atoms with Crippen LogP contribution in [0, 0.1) is 10.1 Å². The highest BCUT2D eigenvalue weighted by Gasteiger charge is 2.23. The average Bonchev–Trinajstić information content (AvgIpc) is 2.40. The fourth-order valence-electron chi connectivity index (χ4n) is 2.72. The van der Waals surface area contributed by atoms with Gasteiger partial charge in [0.25, 0.3) is 5.69 Å². The molecule has 0 aromatic heterocycles. The molecule has 6 heteroatoms. The Morgan fingerprint density at radius 2 is 2.20 bits per heavy atom. The molecule has 2 N–H and O–H groups in total. The van der Waals surface area contributed by atoms with Gasteiger partial charge in [0.1, 0.15) is 5.69 Å². The van der Waals surface area contributed by atoms with Crippen LogP contribution in [0.4, 0.5) is 11.4 Å². The third kappa shape index (κ3) is 3.26. The maximum atomic E-state index is 10.8. The third-order valence-corrected chi connectivity index (χ3v) is 4.03. The molecule has 1 atom stereocenters. The highest BCUT2D eigenvalue weighted by Crippen LogP contribution is 2.23. The lowest BCUT2D eigenvalue weighted by atomic mass is 10.1. The number of piperazine rings is 1. The molecular formula is C14H22N4O2. The summed E-state index contributed by atoms with van der Waals surface area (Å²) in [6.45, 7) is 6.11. The predicted octanol–water partition coefficient (Wildman–Crippen LogP) is 1.70. The molecule has 20 heavy (non-hydrogen) atoms. The number of nitrogens with two attached hydrogens (primary N) is 1. The van der Waals surface area contributed by atoms with E-state index in [9.17, 15) is 10.1 Å². The molecule has 0 amide bonds. The van der Waals surface area contributed by atoms with Gasteiger partial charge in [-0.2, -0.15) is 0 Å². The number of nitro groups is 1. The van der Waals surface area contributed by atoms with E-state index in [1.807, 2.05) is 0 Å². The Bertz CT molecular complexity index is 492. The summed E-state index contributed by atoms with van der Waals surface area (Å²) in [6, 6.07) is 5.60. The smallest absolute Gasteiger partial charge is 0.292 e. The van der Waals surface area contributed by atoms with Crippen molar-refractivity contribution in [2.24, 2.45) is 0 Å². The van der Waals surface area contributed by atoms with Gasteiger partial charge in [-0.3, -0.25) is 15.0 Å². The zero-order chi connectivity index (χ0) is 14.7. The van der Waals surface area contributed by atoms with Crippen LogP contribution in [0.2, 0.25) is 0 Å². The van der Waals surface area contributed by atoms with Gasteiger partial charge < -0.3 is 10.6 Å². The molecule has 0 bridgehead atoms. The monoisotopic (exact) mass is 278 g/mol. The number of likely N-dealkylation sites (N-methyl/N-ethyl adjacent to an activating group) is 1. The standard InChI is InChI=1S/C14H22N4O2/c1-3-12-10-17(7-6-16(12)2)9-11-4-5-14(18(19)20)13(15)8-11/h4-5,8,12H,3,6-7,9-10,15H2,1-2H3.